The molecule has 16 heavy (non-hydrogen) atoms. The number of halogens is 1. The van der Waals surface area contributed by atoms with E-state index in [0.29, 0.717) is 19.1 Å². The minimum atomic E-state index is -0.946. The first-order chi connectivity index (χ1) is 7.56. The van der Waals surface area contributed by atoms with Gasteiger partial charge in [0.2, 0.25) is 0 Å². The van der Waals surface area contributed by atoms with Crippen molar-refractivity contribution in [3.63, 3.8) is 0 Å². The molecule has 0 aromatic rings. The van der Waals surface area contributed by atoms with E-state index in [-0.39, 0.29) is 0 Å². The van der Waals surface area contributed by atoms with Gasteiger partial charge < -0.3 is 9.47 Å². The summed E-state index contributed by atoms with van der Waals surface area (Å²) in [4.78, 5) is 0. The molecule has 0 fully saturated rings. The minimum Gasteiger partial charge on any atom is -0.494 e. The molecule has 0 N–H and O–H groups in total. The molecule has 1 atom stereocenters. The van der Waals surface area contributed by atoms with Gasteiger partial charge in [-0.05, 0) is 31.1 Å². The molecule has 0 saturated heterocycles. The quantitative estimate of drug-likeness (QED) is 0.361. The number of methoxy groups -OCH3 is 1. The van der Waals surface area contributed by atoms with Gasteiger partial charge in [-0.2, -0.15) is 0 Å². The maximum Gasteiger partial charge on any atom is 0.116 e. The molecule has 0 heterocycles. The van der Waals surface area contributed by atoms with Gasteiger partial charge in [0.05, 0.1) is 6.61 Å². The van der Waals surface area contributed by atoms with Gasteiger partial charge in [0, 0.05) is 20.1 Å². The third-order valence-electron chi connectivity index (χ3n) is 1.78. The molecule has 0 aromatic carbocycles. The van der Waals surface area contributed by atoms with E-state index < -0.39 is 6.17 Å². The van der Waals surface area contributed by atoms with Crippen LogP contribution in [0.2, 0.25) is 0 Å². The maximum absolute atomic E-state index is 12.7. The van der Waals surface area contributed by atoms with Crippen molar-refractivity contribution in [3.05, 3.63) is 24.0 Å². The third kappa shape index (κ3) is 9.71. The lowest BCUT2D eigenvalue weighted by Crippen LogP contribution is -1.99. The zero-order valence-corrected chi connectivity index (χ0v) is 10.7. The van der Waals surface area contributed by atoms with Gasteiger partial charge in [-0.15, -0.1) is 0 Å². The topological polar surface area (TPSA) is 18.5 Å². The summed E-state index contributed by atoms with van der Waals surface area (Å²) in [6.45, 7) is 6.89. The molecule has 0 bridgehead atoms. The average molecular weight is 230 g/mol. The fourth-order valence-electron chi connectivity index (χ4n) is 1.10. The molecule has 0 radical (unpaired) electrons. The molecule has 0 amide bonds. The summed E-state index contributed by atoms with van der Waals surface area (Å²) in [5.74, 6) is 1.12. The van der Waals surface area contributed by atoms with Gasteiger partial charge >= 0.3 is 0 Å². The molecule has 94 valence electrons. The molecule has 0 saturated carbocycles. The second-order valence-electron chi connectivity index (χ2n) is 4.04. The van der Waals surface area contributed by atoms with Crippen LogP contribution < -0.4 is 0 Å². The van der Waals surface area contributed by atoms with Gasteiger partial charge in [-0.3, -0.25) is 0 Å². The molecule has 0 spiro atoms. The van der Waals surface area contributed by atoms with E-state index in [2.05, 4.69) is 13.8 Å². The summed E-state index contributed by atoms with van der Waals surface area (Å²) < 4.78 is 23.1. The largest absolute Gasteiger partial charge is 0.494 e. The second-order valence-corrected chi connectivity index (χ2v) is 4.04. The molecule has 0 aliphatic carbocycles. The van der Waals surface area contributed by atoms with Crippen LogP contribution in [-0.2, 0) is 9.47 Å². The number of ether oxygens (including phenoxy) is 2. The van der Waals surface area contributed by atoms with E-state index in [9.17, 15) is 4.39 Å². The molecule has 1 unspecified atom stereocenters. The molecular formula is C13H23FO2. The van der Waals surface area contributed by atoms with E-state index in [1.54, 1.807) is 13.2 Å². The predicted molar refractivity (Wildman–Crippen MR) is 65.1 cm³/mol. The van der Waals surface area contributed by atoms with E-state index in [0.717, 1.165) is 12.2 Å². The van der Waals surface area contributed by atoms with Crippen molar-refractivity contribution >= 4 is 0 Å². The molecule has 3 heteroatoms. The van der Waals surface area contributed by atoms with Gasteiger partial charge in [-0.25, -0.2) is 4.39 Å². The Morgan fingerprint density at radius 3 is 2.44 bits per heavy atom. The molecule has 0 aliphatic heterocycles. The van der Waals surface area contributed by atoms with Crippen molar-refractivity contribution in [3.8, 4) is 0 Å². The Morgan fingerprint density at radius 2 is 1.94 bits per heavy atom. The van der Waals surface area contributed by atoms with Gasteiger partial charge in [0.1, 0.15) is 11.9 Å². The summed E-state index contributed by atoms with van der Waals surface area (Å²) in [5.41, 5.74) is 0. The smallest absolute Gasteiger partial charge is 0.116 e. The van der Waals surface area contributed by atoms with Crippen LogP contribution in [0.5, 0.6) is 0 Å². The normalized spacial score (nSPS) is 14.8. The second kappa shape index (κ2) is 9.40. The Balaban J connectivity index is 4.12. The Morgan fingerprint density at radius 1 is 1.25 bits per heavy atom. The standard InChI is InChI=1S/C13H23FO2/c1-11(2)10-13(7-6-12(3)14)16-9-5-8-15-4/h6-7,10-12H,5,8-9H2,1-4H3/b7-6-,13-10+. The lowest BCUT2D eigenvalue weighted by Gasteiger charge is -2.08. The fraction of sp³-hybridized carbons (Fsp3) is 0.692. The number of alkyl halides is 1. The first-order valence-corrected chi connectivity index (χ1v) is 5.72. The van der Waals surface area contributed by atoms with E-state index >= 15 is 0 Å². The highest BCUT2D eigenvalue weighted by atomic mass is 19.1. The van der Waals surface area contributed by atoms with Crippen molar-refractivity contribution in [1.82, 2.24) is 0 Å². The highest BCUT2D eigenvalue weighted by Gasteiger charge is 1.98. The van der Waals surface area contributed by atoms with Gasteiger partial charge in [0.25, 0.3) is 0 Å². The van der Waals surface area contributed by atoms with Crippen LogP contribution in [0.1, 0.15) is 27.2 Å². The lowest BCUT2D eigenvalue weighted by atomic mass is 10.2. The first kappa shape index (κ1) is 15.2. The van der Waals surface area contributed by atoms with Crippen LogP contribution in [0.15, 0.2) is 24.0 Å². The SMILES string of the molecule is COCCCOC(/C=C\C(C)F)=C/C(C)C. The number of rotatable bonds is 8. The third-order valence-corrected chi connectivity index (χ3v) is 1.78. The predicted octanol–water partition coefficient (Wildman–Crippen LogP) is 3.49. The van der Waals surface area contributed by atoms with Gasteiger partial charge in [0.15, 0.2) is 0 Å². The number of allylic oxidation sites excluding steroid dienone is 3. The maximum atomic E-state index is 12.7. The van der Waals surface area contributed by atoms with Crippen molar-refractivity contribution < 1.29 is 13.9 Å². The Kier molecular flexibility index (Phi) is 8.91. The van der Waals surface area contributed by atoms with Crippen LogP contribution in [0.3, 0.4) is 0 Å². The Hall–Kier alpha value is -0.830. The summed E-state index contributed by atoms with van der Waals surface area (Å²) in [6.07, 6.45) is 5.05. The Labute approximate surface area is 98.1 Å². The van der Waals surface area contributed by atoms with Crippen LogP contribution in [0.4, 0.5) is 4.39 Å². The van der Waals surface area contributed by atoms with Crippen molar-refractivity contribution in [2.24, 2.45) is 5.92 Å². The first-order valence-electron chi connectivity index (χ1n) is 5.72. The molecule has 0 rings (SSSR count). The highest BCUT2D eigenvalue weighted by molar-refractivity contribution is 5.13. The van der Waals surface area contributed by atoms with Crippen LogP contribution >= 0.6 is 0 Å². The van der Waals surface area contributed by atoms with Crippen molar-refractivity contribution in [2.45, 2.75) is 33.4 Å². The summed E-state index contributed by atoms with van der Waals surface area (Å²) in [7, 11) is 1.66. The van der Waals surface area contributed by atoms with E-state index in [1.165, 1.54) is 13.0 Å². The van der Waals surface area contributed by atoms with Gasteiger partial charge in [-0.1, -0.05) is 13.8 Å². The van der Waals surface area contributed by atoms with Crippen LogP contribution in [0, 0.1) is 5.92 Å². The zero-order chi connectivity index (χ0) is 12.4. The summed E-state index contributed by atoms with van der Waals surface area (Å²) in [5, 5.41) is 0. The molecule has 2 nitrogen and oxygen atoms in total. The lowest BCUT2D eigenvalue weighted by molar-refractivity contribution is 0.148. The number of hydrogen-bond acceptors (Lipinski definition) is 2. The van der Waals surface area contributed by atoms with Crippen LogP contribution in [-0.4, -0.2) is 26.5 Å². The van der Waals surface area contributed by atoms with Crippen molar-refractivity contribution in [1.29, 1.82) is 0 Å². The monoisotopic (exact) mass is 230 g/mol. The highest BCUT2D eigenvalue weighted by Crippen LogP contribution is 2.08. The molecule has 0 aliphatic rings. The minimum absolute atomic E-state index is 0.386. The van der Waals surface area contributed by atoms with Crippen molar-refractivity contribution in [2.75, 3.05) is 20.3 Å². The fourth-order valence-corrected chi connectivity index (χ4v) is 1.10. The average Bonchev–Trinajstić information content (AvgIpc) is 2.19. The number of hydrogen-bond donors (Lipinski definition) is 0. The van der Waals surface area contributed by atoms with E-state index in [1.807, 2.05) is 6.08 Å². The summed E-state index contributed by atoms with van der Waals surface area (Å²) in [6, 6.07) is 0. The zero-order valence-electron chi connectivity index (χ0n) is 10.7. The summed E-state index contributed by atoms with van der Waals surface area (Å²) >= 11 is 0. The van der Waals surface area contributed by atoms with E-state index in [4.69, 9.17) is 9.47 Å². The molecule has 0 aromatic heterocycles. The molecular weight excluding hydrogens is 207 g/mol. The Bertz CT molecular complexity index is 220. The van der Waals surface area contributed by atoms with Crippen LogP contribution in [0.25, 0.3) is 0 Å².